The van der Waals surface area contributed by atoms with E-state index in [4.69, 9.17) is 24.8 Å². The second-order valence-electron chi connectivity index (χ2n) is 13.1. The monoisotopic (exact) mass is 731 g/mol. The van der Waals surface area contributed by atoms with Gasteiger partial charge in [0.05, 0.1) is 13.2 Å². The molecule has 50 heavy (non-hydrogen) atoms. The van der Waals surface area contributed by atoms with Gasteiger partial charge in [0.2, 0.25) is 0 Å². The highest BCUT2D eigenvalue weighted by molar-refractivity contribution is 7.47. The number of aliphatic carboxylic acids is 1. The number of carboxylic acid groups (broad SMARTS) is 1. The smallest absolute Gasteiger partial charge is 0.472 e. The summed E-state index contributed by atoms with van der Waals surface area (Å²) in [5.41, 5.74) is 5.31. The number of carbonyl (C=O) groups excluding carboxylic acids is 2. The molecular weight excluding hydrogens is 661 g/mol. The Morgan fingerprint density at radius 3 is 1.64 bits per heavy atom. The molecule has 12 heteroatoms. The average molecular weight is 732 g/mol. The van der Waals surface area contributed by atoms with Crippen LogP contribution in [0.5, 0.6) is 0 Å². The summed E-state index contributed by atoms with van der Waals surface area (Å²) >= 11 is 0. The van der Waals surface area contributed by atoms with Crippen LogP contribution < -0.4 is 5.73 Å². The maximum atomic E-state index is 12.5. The lowest BCUT2D eigenvalue weighted by molar-refractivity contribution is -0.161. The molecule has 2 unspecified atom stereocenters. The Bertz CT molecular complexity index is 958. The zero-order chi connectivity index (χ0) is 37.1. The number of phosphoric acid groups is 1. The van der Waals surface area contributed by atoms with Gasteiger partial charge in [-0.1, -0.05) is 147 Å². The molecule has 11 nitrogen and oxygen atoms in total. The SMILES string of the molecule is CCCCCCCC/C=C/C/C=C/CCC(=O)OC(COC(=O)CCCCCCCCCCCCCCC)COP(=O)(O)OC[C@H](N)C(=O)O. The molecule has 0 aliphatic rings. The highest BCUT2D eigenvalue weighted by Crippen LogP contribution is 2.43. The lowest BCUT2D eigenvalue weighted by atomic mass is 10.0. The van der Waals surface area contributed by atoms with Crippen LogP contribution in [0.1, 0.15) is 168 Å². The maximum Gasteiger partial charge on any atom is 0.472 e. The average Bonchev–Trinajstić information content (AvgIpc) is 3.09. The standard InChI is InChI=1S/C38H70NO10P/c1-3-5-7-9-11-13-15-17-19-21-23-25-27-29-36(40)46-31-34(32-47-50(44,45)48-33-35(39)38(42)43)49-37(41)30-28-26-24-22-20-18-16-14-12-10-8-6-4-2/h18,20,24,26,34-35H,3-17,19,21-23,25,27-33,39H2,1-2H3,(H,42,43)(H,44,45)/b20-18+,26-24+/t34?,35-/m0/s1. The molecule has 0 aromatic heterocycles. The van der Waals surface area contributed by atoms with E-state index in [9.17, 15) is 23.8 Å². The third kappa shape index (κ3) is 33.1. The quantitative estimate of drug-likeness (QED) is 0.0242. The summed E-state index contributed by atoms with van der Waals surface area (Å²) in [6.45, 7) is 2.72. The summed E-state index contributed by atoms with van der Waals surface area (Å²) in [5.74, 6) is -2.46. The molecule has 0 aromatic carbocycles. The minimum Gasteiger partial charge on any atom is -0.480 e. The number of rotatable bonds is 36. The molecule has 0 amide bonds. The predicted molar refractivity (Wildman–Crippen MR) is 199 cm³/mol. The van der Waals surface area contributed by atoms with Crippen molar-refractivity contribution >= 4 is 25.7 Å². The van der Waals surface area contributed by atoms with Crippen LogP contribution in [0.15, 0.2) is 24.3 Å². The molecule has 0 bridgehead atoms. The van der Waals surface area contributed by atoms with E-state index >= 15 is 0 Å². The van der Waals surface area contributed by atoms with E-state index in [1.165, 1.54) is 96.3 Å². The summed E-state index contributed by atoms with van der Waals surface area (Å²) in [6, 6.07) is -1.53. The largest absolute Gasteiger partial charge is 0.480 e. The first-order valence-corrected chi connectivity index (χ1v) is 20.9. The third-order valence-electron chi connectivity index (χ3n) is 8.22. The number of carbonyl (C=O) groups is 3. The van der Waals surface area contributed by atoms with E-state index < -0.39 is 51.1 Å². The van der Waals surface area contributed by atoms with Crippen molar-refractivity contribution in [3.8, 4) is 0 Å². The minimum atomic E-state index is -4.72. The van der Waals surface area contributed by atoms with E-state index in [2.05, 4.69) is 30.5 Å². The molecule has 0 heterocycles. The number of allylic oxidation sites excluding steroid dienone is 4. The third-order valence-corrected chi connectivity index (χ3v) is 9.17. The van der Waals surface area contributed by atoms with Crippen molar-refractivity contribution in [2.75, 3.05) is 19.8 Å². The van der Waals surface area contributed by atoms with Crippen LogP contribution in [-0.4, -0.2) is 59.9 Å². The number of unbranched alkanes of at least 4 members (excludes halogenated alkanes) is 18. The van der Waals surface area contributed by atoms with Gasteiger partial charge >= 0.3 is 25.7 Å². The van der Waals surface area contributed by atoms with Crippen molar-refractivity contribution < 1.29 is 47.5 Å². The molecule has 292 valence electrons. The van der Waals surface area contributed by atoms with Gasteiger partial charge in [0.25, 0.3) is 0 Å². The van der Waals surface area contributed by atoms with Crippen LogP contribution >= 0.6 is 7.82 Å². The normalized spacial score (nSPS) is 14.2. The summed E-state index contributed by atoms with van der Waals surface area (Å²) < 4.78 is 32.5. The fraction of sp³-hybridized carbons (Fsp3) is 0.816. The predicted octanol–water partition coefficient (Wildman–Crippen LogP) is 9.50. The molecule has 0 radical (unpaired) electrons. The second kappa shape index (κ2) is 34.1. The number of esters is 2. The number of nitrogens with two attached hydrogens (primary N) is 1. The van der Waals surface area contributed by atoms with Crippen LogP contribution in [0.25, 0.3) is 0 Å². The first-order chi connectivity index (χ1) is 24.1. The summed E-state index contributed by atoms with van der Waals surface area (Å²) in [5, 5.41) is 8.85. The van der Waals surface area contributed by atoms with Gasteiger partial charge < -0.3 is 25.2 Å². The Morgan fingerprint density at radius 2 is 1.10 bits per heavy atom. The first-order valence-electron chi connectivity index (χ1n) is 19.4. The topological polar surface area (TPSA) is 172 Å². The highest BCUT2D eigenvalue weighted by Gasteiger charge is 2.28. The van der Waals surface area contributed by atoms with Gasteiger partial charge in [0, 0.05) is 12.8 Å². The van der Waals surface area contributed by atoms with Crippen molar-refractivity contribution in [1.82, 2.24) is 0 Å². The van der Waals surface area contributed by atoms with Crippen LogP contribution in [0, 0.1) is 0 Å². The van der Waals surface area contributed by atoms with Crippen LogP contribution in [0.2, 0.25) is 0 Å². The molecule has 0 aliphatic carbocycles. The van der Waals surface area contributed by atoms with Crippen molar-refractivity contribution in [3.63, 3.8) is 0 Å². The number of ether oxygens (including phenoxy) is 2. The van der Waals surface area contributed by atoms with Crippen LogP contribution in [0.4, 0.5) is 0 Å². The molecule has 0 saturated carbocycles. The molecule has 0 spiro atoms. The van der Waals surface area contributed by atoms with Gasteiger partial charge in [-0.2, -0.15) is 0 Å². The molecule has 3 atom stereocenters. The van der Waals surface area contributed by atoms with E-state index in [0.717, 1.165) is 32.1 Å². The molecular formula is C38H70NO10P. The first kappa shape index (κ1) is 48.0. The molecule has 0 saturated heterocycles. The molecule has 0 rings (SSSR count). The summed E-state index contributed by atoms with van der Waals surface area (Å²) in [6.07, 6.45) is 32.7. The van der Waals surface area contributed by atoms with Gasteiger partial charge in [0.15, 0.2) is 6.10 Å². The van der Waals surface area contributed by atoms with E-state index in [1.807, 2.05) is 12.2 Å². The number of hydrogen-bond acceptors (Lipinski definition) is 9. The Balaban J connectivity index is 4.50. The molecule has 0 aliphatic heterocycles. The highest BCUT2D eigenvalue weighted by atomic mass is 31.2. The Hall–Kier alpha value is -2.04. The molecule has 4 N–H and O–H groups in total. The van der Waals surface area contributed by atoms with Crippen molar-refractivity contribution in [1.29, 1.82) is 0 Å². The number of carboxylic acids is 1. The molecule has 0 fully saturated rings. The van der Waals surface area contributed by atoms with Gasteiger partial charge in [0.1, 0.15) is 12.6 Å². The summed E-state index contributed by atoms with van der Waals surface area (Å²) in [4.78, 5) is 45.7. The van der Waals surface area contributed by atoms with Crippen LogP contribution in [0.3, 0.4) is 0 Å². The van der Waals surface area contributed by atoms with Gasteiger partial charge in [-0.05, 0) is 32.1 Å². The zero-order valence-corrected chi connectivity index (χ0v) is 32.1. The van der Waals surface area contributed by atoms with Crippen LogP contribution in [-0.2, 0) is 37.5 Å². The lowest BCUT2D eigenvalue weighted by Gasteiger charge is -2.20. The van der Waals surface area contributed by atoms with E-state index in [0.29, 0.717) is 12.8 Å². The van der Waals surface area contributed by atoms with Crippen molar-refractivity contribution in [2.24, 2.45) is 5.73 Å². The second-order valence-corrected chi connectivity index (χ2v) is 14.5. The van der Waals surface area contributed by atoms with Gasteiger partial charge in [-0.15, -0.1) is 0 Å². The fourth-order valence-electron chi connectivity index (χ4n) is 5.12. The minimum absolute atomic E-state index is 0.0577. The summed E-state index contributed by atoms with van der Waals surface area (Å²) in [7, 11) is -4.72. The Labute approximate surface area is 302 Å². The van der Waals surface area contributed by atoms with Crippen molar-refractivity contribution in [2.45, 2.75) is 180 Å². The zero-order valence-electron chi connectivity index (χ0n) is 31.2. The van der Waals surface area contributed by atoms with Crippen molar-refractivity contribution in [3.05, 3.63) is 24.3 Å². The molecule has 0 aromatic rings. The fourth-order valence-corrected chi connectivity index (χ4v) is 5.90. The Morgan fingerprint density at radius 1 is 0.620 bits per heavy atom. The Kier molecular flexibility index (Phi) is 32.7. The van der Waals surface area contributed by atoms with E-state index in [-0.39, 0.29) is 19.4 Å². The maximum absolute atomic E-state index is 12.5. The van der Waals surface area contributed by atoms with Gasteiger partial charge in [-0.25, -0.2) is 4.57 Å². The van der Waals surface area contributed by atoms with E-state index in [1.54, 1.807) is 0 Å². The lowest BCUT2D eigenvalue weighted by Crippen LogP contribution is -2.34. The number of phosphoric ester groups is 1. The number of hydrogen-bond donors (Lipinski definition) is 3. The van der Waals surface area contributed by atoms with Gasteiger partial charge in [-0.3, -0.25) is 23.4 Å².